The molecular formula is C13H14ClN3O2S. The van der Waals surface area contributed by atoms with Crippen molar-refractivity contribution in [2.45, 2.75) is 18.7 Å². The predicted octanol–water partition coefficient (Wildman–Crippen LogP) is 2.73. The van der Waals surface area contributed by atoms with Gasteiger partial charge in [-0.3, -0.25) is 4.72 Å². The fourth-order valence-electron chi connectivity index (χ4n) is 2.05. The van der Waals surface area contributed by atoms with Crippen molar-refractivity contribution >= 4 is 33.0 Å². The van der Waals surface area contributed by atoms with E-state index in [2.05, 4.69) is 9.71 Å². The van der Waals surface area contributed by atoms with Crippen LogP contribution < -0.4 is 10.5 Å². The fourth-order valence-corrected chi connectivity index (χ4v) is 3.66. The van der Waals surface area contributed by atoms with E-state index in [-0.39, 0.29) is 4.90 Å². The van der Waals surface area contributed by atoms with E-state index < -0.39 is 10.0 Å². The molecule has 1 aromatic heterocycles. The lowest BCUT2D eigenvalue weighted by atomic mass is 10.1. The number of aryl methyl sites for hydroxylation is 2. The second kappa shape index (κ2) is 5.30. The highest BCUT2D eigenvalue weighted by molar-refractivity contribution is 7.92. The summed E-state index contributed by atoms with van der Waals surface area (Å²) in [7, 11) is -3.69. The van der Waals surface area contributed by atoms with Crippen LogP contribution in [0.4, 0.5) is 11.4 Å². The molecule has 7 heteroatoms. The normalized spacial score (nSPS) is 11.3. The Kier molecular flexibility index (Phi) is 3.87. The number of nitrogens with zero attached hydrogens (tertiary/aromatic N) is 1. The number of halogens is 1. The molecule has 0 fully saturated rings. The Morgan fingerprint density at radius 1 is 1.20 bits per heavy atom. The van der Waals surface area contributed by atoms with Gasteiger partial charge in [0, 0.05) is 5.69 Å². The van der Waals surface area contributed by atoms with E-state index in [9.17, 15) is 8.42 Å². The SMILES string of the molecule is Cc1cc(N)cc(C)c1S(=O)(=O)Nc1ccc(Cl)nc1. The number of sulfonamides is 1. The molecule has 106 valence electrons. The third kappa shape index (κ3) is 3.02. The molecule has 2 aromatic rings. The van der Waals surface area contributed by atoms with Gasteiger partial charge in [-0.05, 0) is 49.2 Å². The molecule has 0 bridgehead atoms. The number of aromatic nitrogens is 1. The molecule has 1 heterocycles. The molecule has 0 unspecified atom stereocenters. The molecule has 3 N–H and O–H groups in total. The Morgan fingerprint density at radius 2 is 1.80 bits per heavy atom. The van der Waals surface area contributed by atoms with Crippen molar-refractivity contribution in [3.05, 3.63) is 46.7 Å². The van der Waals surface area contributed by atoms with E-state index in [1.807, 2.05) is 0 Å². The van der Waals surface area contributed by atoms with Crippen LogP contribution >= 0.6 is 11.6 Å². The molecule has 0 amide bonds. The highest BCUT2D eigenvalue weighted by Crippen LogP contribution is 2.25. The second-order valence-electron chi connectivity index (χ2n) is 4.46. The molecule has 20 heavy (non-hydrogen) atoms. The lowest BCUT2D eigenvalue weighted by molar-refractivity contribution is 0.600. The number of nitrogens with one attached hydrogen (secondary N) is 1. The van der Waals surface area contributed by atoms with E-state index in [0.29, 0.717) is 27.7 Å². The molecule has 2 rings (SSSR count). The minimum atomic E-state index is -3.69. The zero-order valence-corrected chi connectivity index (χ0v) is 12.6. The Labute approximate surface area is 122 Å². The van der Waals surface area contributed by atoms with Gasteiger partial charge in [0.1, 0.15) is 5.15 Å². The van der Waals surface area contributed by atoms with Crippen molar-refractivity contribution in [2.75, 3.05) is 10.5 Å². The Morgan fingerprint density at radius 3 is 2.30 bits per heavy atom. The molecule has 0 aliphatic carbocycles. The van der Waals surface area contributed by atoms with Crippen LogP contribution in [-0.2, 0) is 10.0 Å². The number of nitrogen functional groups attached to an aromatic ring is 1. The first-order chi connectivity index (χ1) is 9.29. The summed E-state index contributed by atoms with van der Waals surface area (Å²) in [5, 5.41) is 0.299. The topological polar surface area (TPSA) is 85.1 Å². The van der Waals surface area contributed by atoms with Gasteiger partial charge in [-0.1, -0.05) is 11.6 Å². The molecular weight excluding hydrogens is 298 g/mol. The van der Waals surface area contributed by atoms with Gasteiger partial charge in [0.25, 0.3) is 10.0 Å². The summed E-state index contributed by atoms with van der Waals surface area (Å²) in [4.78, 5) is 4.06. The van der Waals surface area contributed by atoms with Gasteiger partial charge in [0.15, 0.2) is 0 Å². The van der Waals surface area contributed by atoms with Crippen LogP contribution in [0.1, 0.15) is 11.1 Å². The second-order valence-corrected chi connectivity index (χ2v) is 6.47. The number of hydrogen-bond acceptors (Lipinski definition) is 4. The molecule has 1 aromatic carbocycles. The van der Waals surface area contributed by atoms with Gasteiger partial charge in [-0.15, -0.1) is 0 Å². The summed E-state index contributed by atoms with van der Waals surface area (Å²) in [6, 6.07) is 6.32. The average Bonchev–Trinajstić information content (AvgIpc) is 2.30. The first-order valence-corrected chi connectivity index (χ1v) is 7.67. The van der Waals surface area contributed by atoms with Crippen molar-refractivity contribution in [1.82, 2.24) is 4.98 Å². The maximum Gasteiger partial charge on any atom is 0.262 e. The van der Waals surface area contributed by atoms with Gasteiger partial charge < -0.3 is 5.73 Å². The first-order valence-electron chi connectivity index (χ1n) is 5.81. The van der Waals surface area contributed by atoms with Crippen LogP contribution in [0.2, 0.25) is 5.15 Å². The van der Waals surface area contributed by atoms with Gasteiger partial charge >= 0.3 is 0 Å². The summed E-state index contributed by atoms with van der Waals surface area (Å²) in [6.07, 6.45) is 1.36. The first kappa shape index (κ1) is 14.6. The number of hydrogen-bond donors (Lipinski definition) is 2. The van der Waals surface area contributed by atoms with Crippen LogP contribution in [0.25, 0.3) is 0 Å². The van der Waals surface area contributed by atoms with Crippen molar-refractivity contribution in [3.63, 3.8) is 0 Å². The molecule has 0 saturated heterocycles. The molecule has 0 radical (unpaired) electrons. The van der Waals surface area contributed by atoms with Crippen molar-refractivity contribution in [1.29, 1.82) is 0 Å². The largest absolute Gasteiger partial charge is 0.399 e. The molecule has 0 saturated carbocycles. The molecule has 0 atom stereocenters. The van der Waals surface area contributed by atoms with E-state index in [1.54, 1.807) is 32.0 Å². The zero-order valence-electron chi connectivity index (χ0n) is 11.0. The maximum absolute atomic E-state index is 12.4. The lowest BCUT2D eigenvalue weighted by Gasteiger charge is -2.13. The standard InChI is InChI=1S/C13H14ClN3O2S/c1-8-5-10(15)6-9(2)13(8)20(18,19)17-11-3-4-12(14)16-7-11/h3-7,17H,15H2,1-2H3. The summed E-state index contributed by atoms with van der Waals surface area (Å²) in [5.41, 5.74) is 7.78. The van der Waals surface area contributed by atoms with Crippen LogP contribution in [-0.4, -0.2) is 13.4 Å². The highest BCUT2D eigenvalue weighted by Gasteiger charge is 2.20. The summed E-state index contributed by atoms with van der Waals surface area (Å²) < 4.78 is 27.3. The van der Waals surface area contributed by atoms with Gasteiger partial charge in [-0.2, -0.15) is 0 Å². The van der Waals surface area contributed by atoms with E-state index >= 15 is 0 Å². The van der Waals surface area contributed by atoms with Gasteiger partial charge in [0.05, 0.1) is 16.8 Å². The quantitative estimate of drug-likeness (QED) is 0.674. The Balaban J connectivity index is 2.43. The molecule has 0 aliphatic heterocycles. The van der Waals surface area contributed by atoms with Crippen molar-refractivity contribution in [3.8, 4) is 0 Å². The number of anilines is 2. The Bertz CT molecular complexity index is 720. The van der Waals surface area contributed by atoms with Crippen LogP contribution in [0.15, 0.2) is 35.4 Å². The minimum Gasteiger partial charge on any atom is -0.399 e. The number of pyridine rings is 1. The van der Waals surface area contributed by atoms with Gasteiger partial charge in [0.2, 0.25) is 0 Å². The van der Waals surface area contributed by atoms with Crippen LogP contribution in [0, 0.1) is 13.8 Å². The number of nitrogens with two attached hydrogens (primary N) is 1. The molecule has 0 spiro atoms. The average molecular weight is 312 g/mol. The Hall–Kier alpha value is -1.79. The lowest BCUT2D eigenvalue weighted by Crippen LogP contribution is -2.16. The fraction of sp³-hybridized carbons (Fsp3) is 0.154. The minimum absolute atomic E-state index is 0.224. The van der Waals surface area contributed by atoms with E-state index in [1.165, 1.54) is 12.3 Å². The zero-order chi connectivity index (χ0) is 14.9. The van der Waals surface area contributed by atoms with E-state index in [0.717, 1.165) is 0 Å². The number of rotatable bonds is 3. The molecule has 0 aliphatic rings. The van der Waals surface area contributed by atoms with Gasteiger partial charge in [-0.25, -0.2) is 13.4 Å². The van der Waals surface area contributed by atoms with Crippen molar-refractivity contribution < 1.29 is 8.42 Å². The highest BCUT2D eigenvalue weighted by atomic mass is 35.5. The van der Waals surface area contributed by atoms with Crippen molar-refractivity contribution in [2.24, 2.45) is 0 Å². The van der Waals surface area contributed by atoms with Crippen LogP contribution in [0.3, 0.4) is 0 Å². The van der Waals surface area contributed by atoms with E-state index in [4.69, 9.17) is 17.3 Å². The predicted molar refractivity (Wildman–Crippen MR) is 80.4 cm³/mol. The summed E-state index contributed by atoms with van der Waals surface area (Å²) in [5.74, 6) is 0. The third-order valence-corrected chi connectivity index (χ3v) is 4.64. The monoisotopic (exact) mass is 311 g/mol. The smallest absolute Gasteiger partial charge is 0.262 e. The number of benzene rings is 1. The van der Waals surface area contributed by atoms with Crippen LogP contribution in [0.5, 0.6) is 0 Å². The maximum atomic E-state index is 12.4. The molecule has 5 nitrogen and oxygen atoms in total. The third-order valence-electron chi connectivity index (χ3n) is 2.73. The summed E-state index contributed by atoms with van der Waals surface area (Å²) in [6.45, 7) is 3.41. The summed E-state index contributed by atoms with van der Waals surface area (Å²) >= 11 is 5.67.